The molecule has 3 N–H and O–H groups in total. The molecule has 0 radical (unpaired) electrons. The Bertz CT molecular complexity index is 812. The fourth-order valence-corrected chi connectivity index (χ4v) is 3.71. The summed E-state index contributed by atoms with van der Waals surface area (Å²) >= 11 is 5.93. The van der Waals surface area contributed by atoms with Crippen LogP contribution >= 0.6 is 11.6 Å². The topological polar surface area (TPSA) is 85.3 Å². The summed E-state index contributed by atoms with van der Waals surface area (Å²) in [6.07, 6.45) is 6.18. The van der Waals surface area contributed by atoms with Crippen LogP contribution in [0.5, 0.6) is 0 Å². The third kappa shape index (κ3) is 3.90. The van der Waals surface area contributed by atoms with Gasteiger partial charge in [0.1, 0.15) is 5.56 Å². The number of anilines is 2. The molecule has 1 aromatic carbocycles. The zero-order valence-electron chi connectivity index (χ0n) is 15.1. The van der Waals surface area contributed by atoms with Gasteiger partial charge in [0.05, 0.1) is 6.04 Å². The number of benzene rings is 1. The molecule has 138 valence electrons. The first-order valence-corrected chi connectivity index (χ1v) is 9.22. The van der Waals surface area contributed by atoms with Crippen molar-refractivity contribution in [3.63, 3.8) is 0 Å². The van der Waals surface area contributed by atoms with Gasteiger partial charge in [-0.2, -0.15) is 5.10 Å². The van der Waals surface area contributed by atoms with Gasteiger partial charge < -0.3 is 11.1 Å². The highest BCUT2D eigenvalue weighted by Crippen LogP contribution is 2.36. The van der Waals surface area contributed by atoms with Crippen molar-refractivity contribution in [1.82, 2.24) is 9.78 Å². The Hall–Kier alpha value is -2.34. The Morgan fingerprint density at radius 3 is 2.65 bits per heavy atom. The number of nitrogens with one attached hydrogen (secondary N) is 1. The molecule has 2 atom stereocenters. The molecule has 1 fully saturated rings. The molecule has 7 heteroatoms. The Kier molecular flexibility index (Phi) is 5.61. The van der Waals surface area contributed by atoms with E-state index in [-0.39, 0.29) is 6.04 Å². The first-order valence-electron chi connectivity index (χ1n) is 8.84. The lowest BCUT2D eigenvalue weighted by molar-refractivity contribution is 0.100. The van der Waals surface area contributed by atoms with E-state index in [1.54, 1.807) is 18.3 Å². The van der Waals surface area contributed by atoms with Crippen molar-refractivity contribution in [2.45, 2.75) is 38.6 Å². The Balaban J connectivity index is 1.93. The SMILES string of the molecule is CN=C(C)C1CCCCC1n1cc(C(N)=O)c(Nc2ccc(Cl)cc2)n1. The van der Waals surface area contributed by atoms with Gasteiger partial charge >= 0.3 is 0 Å². The molecule has 0 saturated heterocycles. The van der Waals surface area contributed by atoms with E-state index in [1.807, 2.05) is 23.9 Å². The molecular formula is C19H24ClN5O. The zero-order valence-corrected chi connectivity index (χ0v) is 15.8. The van der Waals surface area contributed by atoms with Crippen LogP contribution in [-0.4, -0.2) is 28.4 Å². The van der Waals surface area contributed by atoms with E-state index in [2.05, 4.69) is 22.3 Å². The highest BCUT2D eigenvalue weighted by Gasteiger charge is 2.30. The summed E-state index contributed by atoms with van der Waals surface area (Å²) in [6, 6.07) is 7.42. The lowest BCUT2D eigenvalue weighted by atomic mass is 9.82. The lowest BCUT2D eigenvalue weighted by Crippen LogP contribution is -2.28. The number of amides is 1. The first-order chi connectivity index (χ1) is 12.5. The number of halogens is 1. The van der Waals surface area contributed by atoms with Crippen LogP contribution in [0, 0.1) is 5.92 Å². The monoisotopic (exact) mass is 373 g/mol. The maximum Gasteiger partial charge on any atom is 0.254 e. The van der Waals surface area contributed by atoms with Crippen molar-refractivity contribution in [1.29, 1.82) is 0 Å². The number of aliphatic imine (C=N–C) groups is 1. The van der Waals surface area contributed by atoms with Crippen LogP contribution < -0.4 is 11.1 Å². The second-order valence-corrected chi connectivity index (χ2v) is 7.13. The van der Waals surface area contributed by atoms with Gasteiger partial charge in [-0.05, 0) is 44.0 Å². The molecule has 1 saturated carbocycles. The quantitative estimate of drug-likeness (QED) is 0.770. The van der Waals surface area contributed by atoms with E-state index in [1.165, 1.54) is 6.42 Å². The first kappa shape index (κ1) is 18.5. The molecule has 0 bridgehead atoms. The molecule has 2 aromatic rings. The second-order valence-electron chi connectivity index (χ2n) is 6.69. The van der Waals surface area contributed by atoms with Crippen molar-refractivity contribution in [2.24, 2.45) is 16.6 Å². The Morgan fingerprint density at radius 2 is 2.00 bits per heavy atom. The highest BCUT2D eigenvalue weighted by atomic mass is 35.5. The minimum absolute atomic E-state index is 0.186. The molecule has 26 heavy (non-hydrogen) atoms. The summed E-state index contributed by atoms with van der Waals surface area (Å²) in [7, 11) is 1.83. The Morgan fingerprint density at radius 1 is 1.31 bits per heavy atom. The van der Waals surface area contributed by atoms with E-state index < -0.39 is 5.91 Å². The summed E-state index contributed by atoms with van der Waals surface area (Å²) in [4.78, 5) is 16.3. The average molecular weight is 374 g/mol. The van der Waals surface area contributed by atoms with Crippen molar-refractivity contribution >= 4 is 34.7 Å². The molecule has 1 heterocycles. The van der Waals surface area contributed by atoms with E-state index in [4.69, 9.17) is 17.3 Å². The van der Waals surface area contributed by atoms with Gasteiger partial charge in [-0.15, -0.1) is 0 Å². The molecule has 1 aliphatic carbocycles. The van der Waals surface area contributed by atoms with E-state index in [9.17, 15) is 4.79 Å². The fraction of sp³-hybridized carbons (Fsp3) is 0.421. The van der Waals surface area contributed by atoms with E-state index in [0.29, 0.717) is 22.3 Å². The average Bonchev–Trinajstić information content (AvgIpc) is 3.07. The minimum Gasteiger partial charge on any atom is -0.365 e. The van der Waals surface area contributed by atoms with Gasteiger partial charge in [0.25, 0.3) is 5.91 Å². The van der Waals surface area contributed by atoms with Crippen LogP contribution in [0.4, 0.5) is 11.5 Å². The third-order valence-electron chi connectivity index (χ3n) is 5.06. The number of nitrogens with zero attached hydrogens (tertiary/aromatic N) is 3. The normalized spacial score (nSPS) is 20.8. The summed E-state index contributed by atoms with van der Waals surface area (Å²) in [5.41, 5.74) is 7.89. The molecule has 2 unspecified atom stereocenters. The van der Waals surface area contributed by atoms with Crippen LogP contribution in [-0.2, 0) is 0 Å². The molecule has 0 aliphatic heterocycles. The smallest absolute Gasteiger partial charge is 0.254 e. The minimum atomic E-state index is -0.499. The van der Waals surface area contributed by atoms with Gasteiger partial charge in [-0.3, -0.25) is 14.5 Å². The van der Waals surface area contributed by atoms with Gasteiger partial charge in [-0.25, -0.2) is 0 Å². The number of carbonyl (C=O) groups is 1. The summed E-state index contributed by atoms with van der Waals surface area (Å²) in [6.45, 7) is 2.06. The van der Waals surface area contributed by atoms with Crippen molar-refractivity contribution < 1.29 is 4.79 Å². The van der Waals surface area contributed by atoms with Gasteiger partial charge in [-0.1, -0.05) is 24.4 Å². The molecular weight excluding hydrogens is 350 g/mol. The van der Waals surface area contributed by atoms with Crippen molar-refractivity contribution in [3.05, 3.63) is 41.0 Å². The van der Waals surface area contributed by atoms with Crippen molar-refractivity contribution in [3.8, 4) is 0 Å². The van der Waals surface area contributed by atoms with Crippen LogP contribution in [0.3, 0.4) is 0 Å². The second kappa shape index (κ2) is 7.91. The number of aromatic nitrogens is 2. The van der Waals surface area contributed by atoms with Gasteiger partial charge in [0.15, 0.2) is 5.82 Å². The van der Waals surface area contributed by atoms with Crippen LogP contribution in [0.1, 0.15) is 49.0 Å². The number of hydrogen-bond acceptors (Lipinski definition) is 4. The summed E-state index contributed by atoms with van der Waals surface area (Å²) in [5.74, 6) is 0.300. The predicted octanol–water partition coefficient (Wildman–Crippen LogP) is 4.20. The molecule has 1 amide bonds. The highest BCUT2D eigenvalue weighted by molar-refractivity contribution is 6.30. The summed E-state index contributed by atoms with van der Waals surface area (Å²) < 4.78 is 1.89. The third-order valence-corrected chi connectivity index (χ3v) is 5.31. The number of hydrogen-bond donors (Lipinski definition) is 2. The van der Waals surface area contributed by atoms with Crippen LogP contribution in [0.25, 0.3) is 0 Å². The maximum atomic E-state index is 11.9. The zero-order chi connectivity index (χ0) is 18.7. The number of nitrogens with two attached hydrogens (primary N) is 1. The molecule has 1 aliphatic rings. The number of rotatable bonds is 5. The molecule has 1 aromatic heterocycles. The Labute approximate surface area is 158 Å². The van der Waals surface area contributed by atoms with E-state index >= 15 is 0 Å². The van der Waals surface area contributed by atoms with Crippen molar-refractivity contribution in [2.75, 3.05) is 12.4 Å². The molecule has 6 nitrogen and oxygen atoms in total. The predicted molar refractivity (Wildman–Crippen MR) is 106 cm³/mol. The maximum absolute atomic E-state index is 11.9. The largest absolute Gasteiger partial charge is 0.365 e. The number of carbonyl (C=O) groups excluding carboxylic acids is 1. The fourth-order valence-electron chi connectivity index (χ4n) is 3.59. The lowest BCUT2D eigenvalue weighted by Gasteiger charge is -2.31. The van der Waals surface area contributed by atoms with Gasteiger partial charge in [0, 0.05) is 35.6 Å². The van der Waals surface area contributed by atoms with E-state index in [0.717, 1.165) is 30.7 Å². The van der Waals surface area contributed by atoms with Crippen LogP contribution in [0.2, 0.25) is 5.02 Å². The molecule has 0 spiro atoms. The van der Waals surface area contributed by atoms with Crippen LogP contribution in [0.15, 0.2) is 35.5 Å². The van der Waals surface area contributed by atoms with Gasteiger partial charge in [0.2, 0.25) is 0 Å². The molecule has 3 rings (SSSR count). The summed E-state index contributed by atoms with van der Waals surface area (Å²) in [5, 5.41) is 8.48. The number of primary amides is 1. The standard InChI is InChI=1S/C19H24ClN5O/c1-12(22-2)15-5-3-4-6-17(15)25-11-16(18(21)26)19(24-25)23-14-9-7-13(20)8-10-14/h7-11,15,17H,3-6H2,1-2H3,(H2,21,26)(H,23,24).